The SMILES string of the molecule is COc1ccccc1/C=C/C(=O)N1C[C@H]2[C@]3(c4ccc(C)cc4)CC[C@@H](c4ccccc43)[C@@]2(C(=O)NN(C)c2ccccc2)C1. The summed E-state index contributed by atoms with van der Waals surface area (Å²) < 4.78 is 5.51. The zero-order chi connectivity index (χ0) is 31.2. The molecule has 1 N–H and O–H groups in total. The molecule has 4 aliphatic rings. The summed E-state index contributed by atoms with van der Waals surface area (Å²) in [6.07, 6.45) is 5.26. The van der Waals surface area contributed by atoms with Crippen LogP contribution in [-0.4, -0.2) is 44.0 Å². The number of rotatable bonds is 7. The molecule has 1 aliphatic heterocycles. The monoisotopic (exact) mass is 597 g/mol. The summed E-state index contributed by atoms with van der Waals surface area (Å²) in [5.41, 5.74) is 8.76. The maximum absolute atomic E-state index is 14.9. The Morgan fingerprint density at radius 1 is 0.933 bits per heavy atom. The van der Waals surface area contributed by atoms with Crippen molar-refractivity contribution < 1.29 is 14.3 Å². The summed E-state index contributed by atoms with van der Waals surface area (Å²) in [6.45, 7) is 2.96. The van der Waals surface area contributed by atoms with Crippen LogP contribution >= 0.6 is 0 Å². The predicted octanol–water partition coefficient (Wildman–Crippen LogP) is 6.51. The van der Waals surface area contributed by atoms with Crippen LogP contribution in [0.15, 0.2) is 109 Å². The number of amides is 2. The third-order valence-corrected chi connectivity index (χ3v) is 10.6. The number of carbonyl (C=O) groups is 2. The van der Waals surface area contributed by atoms with Gasteiger partial charge in [0.25, 0.3) is 0 Å². The standard InChI is InChI=1S/C39H39N3O3/c1-27-17-20-29(21-18-27)38-24-23-33(31-14-8-9-15-32(31)38)39(37(44)40-41(2)30-12-5-4-6-13-30)26-42(25-35(38)39)36(43)22-19-28-11-7-10-16-34(28)45-3/h4-22,33,35H,23-26H2,1-3H3,(H,40,44)/b22-19+/t33-,35-,38-,39-/m0/s1. The van der Waals surface area contributed by atoms with E-state index < -0.39 is 10.8 Å². The summed E-state index contributed by atoms with van der Waals surface area (Å²) in [5.74, 6) is 0.476. The molecule has 45 heavy (non-hydrogen) atoms. The number of likely N-dealkylation sites (tertiary alicyclic amines) is 1. The van der Waals surface area contributed by atoms with Gasteiger partial charge in [0, 0.05) is 49.0 Å². The van der Waals surface area contributed by atoms with Crippen LogP contribution in [0.2, 0.25) is 0 Å². The van der Waals surface area contributed by atoms with Crippen LogP contribution in [0.3, 0.4) is 0 Å². The molecule has 2 amide bonds. The van der Waals surface area contributed by atoms with E-state index in [1.807, 2.05) is 77.6 Å². The summed E-state index contributed by atoms with van der Waals surface area (Å²) in [7, 11) is 3.52. The lowest BCUT2D eigenvalue weighted by Crippen LogP contribution is -2.64. The van der Waals surface area contributed by atoms with Gasteiger partial charge in [-0.05, 0) is 60.7 Å². The highest BCUT2D eigenvalue weighted by Crippen LogP contribution is 2.69. The van der Waals surface area contributed by atoms with Gasteiger partial charge < -0.3 is 9.64 Å². The zero-order valence-electron chi connectivity index (χ0n) is 26.1. The quantitative estimate of drug-likeness (QED) is 0.195. The van der Waals surface area contributed by atoms with Crippen molar-refractivity contribution in [1.29, 1.82) is 0 Å². The zero-order valence-corrected chi connectivity index (χ0v) is 26.1. The first kappa shape index (κ1) is 28.9. The molecule has 228 valence electrons. The summed E-state index contributed by atoms with van der Waals surface area (Å²) >= 11 is 0. The number of benzene rings is 4. The van der Waals surface area contributed by atoms with Gasteiger partial charge in [0.15, 0.2) is 0 Å². The molecule has 0 unspecified atom stereocenters. The lowest BCUT2D eigenvalue weighted by molar-refractivity contribution is -0.139. The van der Waals surface area contributed by atoms with Crippen LogP contribution in [-0.2, 0) is 15.0 Å². The molecule has 1 saturated heterocycles. The Morgan fingerprint density at radius 3 is 2.42 bits per heavy atom. The molecule has 0 spiro atoms. The molecule has 2 bridgehead atoms. The second kappa shape index (κ2) is 11.3. The van der Waals surface area contributed by atoms with Gasteiger partial charge in [-0.2, -0.15) is 0 Å². The topological polar surface area (TPSA) is 61.9 Å². The van der Waals surface area contributed by atoms with E-state index in [2.05, 4.69) is 60.9 Å². The number of aryl methyl sites for hydroxylation is 1. The van der Waals surface area contributed by atoms with Gasteiger partial charge in [0.1, 0.15) is 5.75 Å². The van der Waals surface area contributed by atoms with E-state index in [0.29, 0.717) is 18.8 Å². The number of hydrazine groups is 1. The fourth-order valence-electron chi connectivity index (χ4n) is 8.54. The van der Waals surface area contributed by atoms with Crippen LogP contribution in [0.1, 0.15) is 46.6 Å². The number of ether oxygens (including phenoxy) is 1. The van der Waals surface area contributed by atoms with Gasteiger partial charge in [-0.25, -0.2) is 0 Å². The second-order valence-electron chi connectivity index (χ2n) is 12.7. The Bertz CT molecular complexity index is 1770. The molecule has 6 nitrogen and oxygen atoms in total. The lowest BCUT2D eigenvalue weighted by atomic mass is 9.42. The number of hydrogen-bond donors (Lipinski definition) is 1. The van der Waals surface area contributed by atoms with Crippen molar-refractivity contribution >= 4 is 23.6 Å². The Kier molecular flexibility index (Phi) is 7.23. The third-order valence-electron chi connectivity index (χ3n) is 10.6. The van der Waals surface area contributed by atoms with E-state index >= 15 is 0 Å². The first-order valence-corrected chi connectivity index (χ1v) is 15.7. The first-order valence-electron chi connectivity index (χ1n) is 15.7. The van der Waals surface area contributed by atoms with Crippen molar-refractivity contribution in [2.75, 3.05) is 32.3 Å². The van der Waals surface area contributed by atoms with Crippen LogP contribution in [0, 0.1) is 18.3 Å². The van der Waals surface area contributed by atoms with E-state index in [-0.39, 0.29) is 23.7 Å². The number of anilines is 1. The molecule has 2 fully saturated rings. The number of methoxy groups -OCH3 is 1. The lowest BCUT2D eigenvalue weighted by Gasteiger charge is -2.60. The number of para-hydroxylation sites is 2. The maximum atomic E-state index is 14.9. The number of carbonyl (C=O) groups excluding carboxylic acids is 2. The molecule has 4 atom stereocenters. The molecular weight excluding hydrogens is 558 g/mol. The van der Waals surface area contributed by atoms with Crippen LogP contribution < -0.4 is 15.2 Å². The Labute approximate surface area is 265 Å². The summed E-state index contributed by atoms with van der Waals surface area (Å²) in [4.78, 5) is 30.8. The number of nitrogens with zero attached hydrogens (tertiary/aromatic N) is 2. The minimum Gasteiger partial charge on any atom is -0.496 e. The van der Waals surface area contributed by atoms with Crippen molar-refractivity contribution in [2.24, 2.45) is 11.3 Å². The largest absolute Gasteiger partial charge is 0.496 e. The van der Waals surface area contributed by atoms with Gasteiger partial charge in [-0.15, -0.1) is 0 Å². The molecule has 4 aromatic carbocycles. The minimum absolute atomic E-state index is 0.00815. The fraction of sp³-hybridized carbons (Fsp3) is 0.282. The molecule has 6 heteroatoms. The third kappa shape index (κ3) is 4.54. The molecule has 0 aromatic heterocycles. The highest BCUT2D eigenvalue weighted by molar-refractivity contribution is 5.95. The molecule has 0 radical (unpaired) electrons. The van der Waals surface area contributed by atoms with Crippen LogP contribution in [0.25, 0.3) is 6.08 Å². The number of hydrogen-bond acceptors (Lipinski definition) is 4. The van der Waals surface area contributed by atoms with Gasteiger partial charge in [-0.1, -0.05) is 90.5 Å². The predicted molar refractivity (Wildman–Crippen MR) is 178 cm³/mol. The van der Waals surface area contributed by atoms with Crippen molar-refractivity contribution in [1.82, 2.24) is 10.3 Å². The fourth-order valence-corrected chi connectivity index (χ4v) is 8.54. The normalized spacial score (nSPS) is 24.6. The molecule has 4 aromatic rings. The van der Waals surface area contributed by atoms with Gasteiger partial charge >= 0.3 is 0 Å². The Balaban J connectivity index is 1.34. The van der Waals surface area contributed by atoms with Crippen molar-refractivity contribution in [3.63, 3.8) is 0 Å². The second-order valence-corrected chi connectivity index (χ2v) is 12.7. The average Bonchev–Trinajstić information content (AvgIpc) is 3.52. The number of fused-ring (bicyclic) bond motifs is 1. The first-order chi connectivity index (χ1) is 21.9. The van der Waals surface area contributed by atoms with Crippen molar-refractivity contribution in [2.45, 2.75) is 31.1 Å². The van der Waals surface area contributed by atoms with E-state index in [0.717, 1.165) is 24.1 Å². The Hall–Kier alpha value is -4.84. The van der Waals surface area contributed by atoms with Crippen molar-refractivity contribution in [3.05, 3.63) is 137 Å². The highest BCUT2D eigenvalue weighted by Gasteiger charge is 2.70. The average molecular weight is 598 g/mol. The van der Waals surface area contributed by atoms with Gasteiger partial charge in [0.2, 0.25) is 11.8 Å². The summed E-state index contributed by atoms with van der Waals surface area (Å²) in [6, 6.07) is 35.0. The maximum Gasteiger partial charge on any atom is 0.247 e. The van der Waals surface area contributed by atoms with Gasteiger partial charge in [0.05, 0.1) is 18.2 Å². The summed E-state index contributed by atoms with van der Waals surface area (Å²) in [5, 5.41) is 1.81. The van der Waals surface area contributed by atoms with Gasteiger partial charge in [-0.3, -0.25) is 20.0 Å². The molecule has 1 saturated carbocycles. The van der Waals surface area contributed by atoms with E-state index in [9.17, 15) is 9.59 Å². The smallest absolute Gasteiger partial charge is 0.247 e. The van der Waals surface area contributed by atoms with E-state index in [1.54, 1.807) is 13.2 Å². The highest BCUT2D eigenvalue weighted by atomic mass is 16.5. The van der Waals surface area contributed by atoms with Crippen molar-refractivity contribution in [3.8, 4) is 5.75 Å². The number of nitrogens with one attached hydrogen (secondary N) is 1. The molecule has 3 aliphatic carbocycles. The van der Waals surface area contributed by atoms with Crippen LogP contribution in [0.5, 0.6) is 5.75 Å². The molecule has 1 heterocycles. The molecular formula is C39H39N3O3. The van der Waals surface area contributed by atoms with E-state index in [4.69, 9.17) is 4.74 Å². The van der Waals surface area contributed by atoms with E-state index in [1.165, 1.54) is 22.3 Å². The van der Waals surface area contributed by atoms with Crippen LogP contribution in [0.4, 0.5) is 5.69 Å². The molecule has 8 rings (SSSR count). The minimum atomic E-state index is -0.811. The Morgan fingerprint density at radius 2 is 1.64 bits per heavy atom.